The molecule has 1 heterocycles. The smallest absolute Gasteiger partial charge is 0.325 e. The Hall–Kier alpha value is -2.75. The molecule has 0 fully saturated rings. The number of furan rings is 1. The average molecular weight is 277 g/mol. The van der Waals surface area contributed by atoms with Crippen molar-refractivity contribution in [1.29, 1.82) is 5.26 Å². The lowest BCUT2D eigenvalue weighted by Crippen LogP contribution is -2.26. The van der Waals surface area contributed by atoms with Gasteiger partial charge in [0.05, 0.1) is 19.4 Å². The van der Waals surface area contributed by atoms with E-state index in [4.69, 9.17) is 9.68 Å². The van der Waals surface area contributed by atoms with Crippen LogP contribution in [0.15, 0.2) is 34.6 Å². The zero-order chi connectivity index (χ0) is 14.8. The van der Waals surface area contributed by atoms with Crippen molar-refractivity contribution in [2.24, 2.45) is 0 Å². The molecule has 20 heavy (non-hydrogen) atoms. The van der Waals surface area contributed by atoms with Crippen molar-refractivity contribution in [3.63, 3.8) is 0 Å². The van der Waals surface area contributed by atoms with E-state index < -0.39 is 11.9 Å². The number of ether oxygens (including phenoxy) is 1. The second-order valence-corrected chi connectivity index (χ2v) is 3.62. The second-order valence-electron chi connectivity index (χ2n) is 3.62. The molecule has 0 aliphatic carbocycles. The van der Waals surface area contributed by atoms with Gasteiger partial charge in [0.15, 0.2) is 0 Å². The molecule has 2 N–H and O–H groups in total. The van der Waals surface area contributed by atoms with E-state index in [9.17, 15) is 9.59 Å². The lowest BCUT2D eigenvalue weighted by Gasteiger charge is -2.03. The fraction of sp³-hybridized carbons (Fsp3) is 0.308. The molecule has 0 spiro atoms. The Kier molecular flexibility index (Phi) is 6.41. The Balaban J connectivity index is 2.42. The largest absolute Gasteiger partial charge is 0.467 e. The van der Waals surface area contributed by atoms with Gasteiger partial charge in [-0.25, -0.2) is 0 Å². The monoisotopic (exact) mass is 277 g/mol. The molecule has 0 bridgehead atoms. The number of carbonyl (C=O) groups excluding carboxylic acids is 2. The zero-order valence-corrected chi connectivity index (χ0v) is 11.0. The van der Waals surface area contributed by atoms with Gasteiger partial charge in [-0.15, -0.1) is 0 Å². The van der Waals surface area contributed by atoms with Gasteiger partial charge in [-0.2, -0.15) is 5.26 Å². The van der Waals surface area contributed by atoms with Crippen molar-refractivity contribution in [2.45, 2.75) is 13.5 Å². The van der Waals surface area contributed by atoms with Crippen LogP contribution in [0.1, 0.15) is 12.7 Å². The second kappa shape index (κ2) is 8.37. The normalized spacial score (nSPS) is 10.5. The van der Waals surface area contributed by atoms with Gasteiger partial charge in [-0.05, 0) is 19.1 Å². The number of carbonyl (C=O) groups is 2. The molecule has 0 unspecified atom stereocenters. The summed E-state index contributed by atoms with van der Waals surface area (Å²) in [5.41, 5.74) is -0.138. The van der Waals surface area contributed by atoms with E-state index >= 15 is 0 Å². The van der Waals surface area contributed by atoms with E-state index in [-0.39, 0.29) is 25.3 Å². The molecule has 1 aromatic heterocycles. The minimum absolute atomic E-state index is 0.107. The molecule has 1 rings (SSSR count). The van der Waals surface area contributed by atoms with Crippen LogP contribution in [-0.4, -0.2) is 25.0 Å². The zero-order valence-electron chi connectivity index (χ0n) is 11.0. The van der Waals surface area contributed by atoms with Crippen molar-refractivity contribution in [3.05, 3.63) is 35.9 Å². The number of esters is 1. The first kappa shape index (κ1) is 15.3. The Morgan fingerprint density at radius 1 is 1.55 bits per heavy atom. The first-order chi connectivity index (χ1) is 9.67. The SMILES string of the molecule is CCOC(=O)CN/C=C(/C#N)C(=O)NCc1ccco1. The Morgan fingerprint density at radius 3 is 2.95 bits per heavy atom. The maximum absolute atomic E-state index is 11.7. The van der Waals surface area contributed by atoms with Crippen molar-refractivity contribution >= 4 is 11.9 Å². The topological polar surface area (TPSA) is 104 Å². The molecule has 0 saturated heterocycles. The fourth-order valence-corrected chi connectivity index (χ4v) is 1.27. The van der Waals surface area contributed by atoms with Crippen molar-refractivity contribution < 1.29 is 18.7 Å². The molecule has 0 saturated carbocycles. The summed E-state index contributed by atoms with van der Waals surface area (Å²) in [5, 5.41) is 13.9. The molecule has 0 atom stereocenters. The van der Waals surface area contributed by atoms with E-state index in [2.05, 4.69) is 15.4 Å². The number of nitrogens with zero attached hydrogens (tertiary/aromatic N) is 1. The number of nitriles is 1. The number of nitrogens with one attached hydrogen (secondary N) is 2. The molecule has 1 aromatic rings. The summed E-state index contributed by atoms with van der Waals surface area (Å²) in [4.78, 5) is 22.7. The van der Waals surface area contributed by atoms with Crippen molar-refractivity contribution in [2.75, 3.05) is 13.2 Å². The van der Waals surface area contributed by atoms with E-state index in [1.807, 2.05) is 0 Å². The summed E-state index contributed by atoms with van der Waals surface area (Å²) in [5.74, 6) is -0.438. The molecular weight excluding hydrogens is 262 g/mol. The molecule has 7 heteroatoms. The summed E-state index contributed by atoms with van der Waals surface area (Å²) < 4.78 is 9.73. The van der Waals surface area contributed by atoms with Gasteiger partial charge >= 0.3 is 5.97 Å². The van der Waals surface area contributed by atoms with Crippen LogP contribution in [0.4, 0.5) is 0 Å². The lowest BCUT2D eigenvalue weighted by atomic mass is 10.3. The van der Waals surface area contributed by atoms with Gasteiger partial charge in [-0.3, -0.25) is 9.59 Å². The van der Waals surface area contributed by atoms with Crippen LogP contribution in [0, 0.1) is 11.3 Å². The maximum Gasteiger partial charge on any atom is 0.325 e. The van der Waals surface area contributed by atoms with Crippen LogP contribution < -0.4 is 10.6 Å². The molecule has 7 nitrogen and oxygen atoms in total. The van der Waals surface area contributed by atoms with Gasteiger partial charge < -0.3 is 19.8 Å². The average Bonchev–Trinajstić information content (AvgIpc) is 2.94. The van der Waals surface area contributed by atoms with Crippen molar-refractivity contribution in [3.8, 4) is 6.07 Å². The van der Waals surface area contributed by atoms with Gasteiger partial charge in [0.25, 0.3) is 5.91 Å². The van der Waals surface area contributed by atoms with Gasteiger partial charge in [-0.1, -0.05) is 0 Å². The lowest BCUT2D eigenvalue weighted by molar-refractivity contribution is -0.141. The number of rotatable bonds is 7. The minimum Gasteiger partial charge on any atom is -0.467 e. The minimum atomic E-state index is -0.555. The highest BCUT2D eigenvalue weighted by Crippen LogP contribution is 1.99. The predicted molar refractivity (Wildman–Crippen MR) is 68.9 cm³/mol. The van der Waals surface area contributed by atoms with Gasteiger partial charge in [0, 0.05) is 6.20 Å². The molecule has 1 amide bonds. The first-order valence-corrected chi connectivity index (χ1v) is 5.97. The molecule has 0 aromatic carbocycles. The third-order valence-corrected chi connectivity index (χ3v) is 2.17. The van der Waals surface area contributed by atoms with Crippen LogP contribution in [0.2, 0.25) is 0 Å². The predicted octanol–water partition coefficient (Wildman–Crippen LogP) is 0.456. The highest BCUT2D eigenvalue weighted by Gasteiger charge is 2.09. The van der Waals surface area contributed by atoms with E-state index in [1.54, 1.807) is 25.1 Å². The summed E-state index contributed by atoms with van der Waals surface area (Å²) in [6.07, 6.45) is 2.66. The van der Waals surface area contributed by atoms with Crippen LogP contribution in [0.5, 0.6) is 0 Å². The maximum atomic E-state index is 11.7. The summed E-state index contributed by atoms with van der Waals surface area (Å²) in [7, 11) is 0. The summed E-state index contributed by atoms with van der Waals surface area (Å²) >= 11 is 0. The number of hydrogen-bond acceptors (Lipinski definition) is 6. The van der Waals surface area contributed by atoms with E-state index in [0.29, 0.717) is 5.76 Å². The van der Waals surface area contributed by atoms with Crippen molar-refractivity contribution in [1.82, 2.24) is 10.6 Å². The van der Waals surface area contributed by atoms with E-state index in [0.717, 1.165) is 0 Å². The van der Waals surface area contributed by atoms with Crippen LogP contribution >= 0.6 is 0 Å². The Labute approximate surface area is 116 Å². The third kappa shape index (κ3) is 5.27. The third-order valence-electron chi connectivity index (χ3n) is 2.17. The van der Waals surface area contributed by atoms with E-state index in [1.165, 1.54) is 12.5 Å². The standard InChI is InChI=1S/C13H15N3O4/c1-2-19-12(17)9-15-7-10(6-14)13(18)16-8-11-4-3-5-20-11/h3-5,7,15H,2,8-9H2,1H3,(H,16,18)/b10-7-. The van der Waals surface area contributed by atoms with Gasteiger partial charge in [0.1, 0.15) is 23.9 Å². The summed E-state index contributed by atoms with van der Waals surface area (Å²) in [6, 6.07) is 5.14. The molecule has 106 valence electrons. The quantitative estimate of drug-likeness (QED) is 0.426. The number of hydrogen-bond donors (Lipinski definition) is 2. The molecule has 0 aliphatic heterocycles. The highest BCUT2D eigenvalue weighted by molar-refractivity contribution is 5.97. The molecular formula is C13H15N3O4. The fourth-order valence-electron chi connectivity index (χ4n) is 1.27. The van der Waals surface area contributed by atoms with Crippen LogP contribution in [0.25, 0.3) is 0 Å². The van der Waals surface area contributed by atoms with Crippen LogP contribution in [-0.2, 0) is 20.9 Å². The van der Waals surface area contributed by atoms with Gasteiger partial charge in [0.2, 0.25) is 0 Å². The Bertz CT molecular complexity index is 514. The Morgan fingerprint density at radius 2 is 2.35 bits per heavy atom. The first-order valence-electron chi connectivity index (χ1n) is 5.97. The van der Waals surface area contributed by atoms with Crippen LogP contribution in [0.3, 0.4) is 0 Å². The molecule has 0 aliphatic rings. The molecule has 0 radical (unpaired) electrons. The highest BCUT2D eigenvalue weighted by atomic mass is 16.5. The summed E-state index contributed by atoms with van der Waals surface area (Å²) in [6.45, 7) is 2.04. The number of amides is 1.